The van der Waals surface area contributed by atoms with Crippen LogP contribution in [0.4, 0.5) is 0 Å². The maximum absolute atomic E-state index is 13.5. The molecule has 152 valence electrons. The Morgan fingerprint density at radius 3 is 2.34 bits per heavy atom. The average Bonchev–Trinajstić information content (AvgIpc) is 3.11. The van der Waals surface area contributed by atoms with Crippen molar-refractivity contribution in [2.45, 2.75) is 64.2 Å². The summed E-state index contributed by atoms with van der Waals surface area (Å²) < 4.78 is 4.76. The van der Waals surface area contributed by atoms with Gasteiger partial charge in [-0.2, -0.15) is 0 Å². The predicted molar refractivity (Wildman–Crippen MR) is 118 cm³/mol. The molecular weight excluding hydrogens is 380 g/mol. The Morgan fingerprint density at radius 2 is 1.69 bits per heavy atom. The van der Waals surface area contributed by atoms with Crippen LogP contribution < -0.4 is 0 Å². The highest BCUT2D eigenvalue weighted by atomic mass is 32.1. The molecule has 0 bridgehead atoms. The molecule has 29 heavy (non-hydrogen) atoms. The molecule has 1 aromatic heterocycles. The van der Waals surface area contributed by atoms with Crippen molar-refractivity contribution in [3.63, 3.8) is 0 Å². The van der Waals surface area contributed by atoms with Crippen molar-refractivity contribution < 1.29 is 14.3 Å². The highest BCUT2D eigenvalue weighted by Crippen LogP contribution is 2.53. The summed E-state index contributed by atoms with van der Waals surface area (Å²) in [6, 6.07) is 7.24. The molecule has 0 aliphatic heterocycles. The number of thiophene rings is 1. The van der Waals surface area contributed by atoms with E-state index >= 15 is 0 Å². The van der Waals surface area contributed by atoms with Gasteiger partial charge in [0.25, 0.3) is 0 Å². The van der Waals surface area contributed by atoms with Gasteiger partial charge in [0.15, 0.2) is 5.78 Å². The van der Waals surface area contributed by atoms with Crippen LogP contribution >= 0.6 is 11.3 Å². The Labute approximate surface area is 176 Å². The van der Waals surface area contributed by atoms with Crippen molar-refractivity contribution in [1.29, 1.82) is 0 Å². The van der Waals surface area contributed by atoms with Crippen LogP contribution in [0.1, 0.15) is 88.6 Å². The zero-order chi connectivity index (χ0) is 21.0. The fourth-order valence-electron chi connectivity index (χ4n) is 4.57. The summed E-state index contributed by atoms with van der Waals surface area (Å²) in [4.78, 5) is 27.9. The number of rotatable bonds is 2. The van der Waals surface area contributed by atoms with Gasteiger partial charge in [-0.15, -0.1) is 11.3 Å². The molecule has 0 unspecified atom stereocenters. The number of fused-ring (bicyclic) bond motifs is 3. The highest BCUT2D eigenvalue weighted by molar-refractivity contribution is 7.12. The summed E-state index contributed by atoms with van der Waals surface area (Å²) in [7, 11) is 1.38. The first kappa shape index (κ1) is 20.1. The van der Waals surface area contributed by atoms with Crippen LogP contribution in [-0.2, 0) is 22.0 Å². The Hall–Kier alpha value is -2.20. The first-order chi connectivity index (χ1) is 13.6. The second kappa shape index (κ2) is 6.94. The second-order valence-electron chi connectivity index (χ2n) is 9.48. The van der Waals surface area contributed by atoms with Crippen LogP contribution in [-0.4, -0.2) is 18.9 Å². The summed E-state index contributed by atoms with van der Waals surface area (Å²) in [6.07, 6.45) is 5.95. The standard InChI is InChI=1S/C25H28O3S/c1-24(2)12-13-25(3,4)22-20(24)19-18(29-22)11-10-17(21(19)26)14-15-6-8-16(9-7-15)23(27)28-5/h6-9,14H,10-13H2,1-5H3. The third-order valence-corrected chi connectivity index (χ3v) is 8.08. The van der Waals surface area contributed by atoms with Crippen LogP contribution in [0.25, 0.3) is 6.08 Å². The number of ketones is 1. The van der Waals surface area contributed by atoms with Gasteiger partial charge in [-0.1, -0.05) is 39.8 Å². The zero-order valence-corrected chi connectivity index (χ0v) is 18.7. The molecule has 2 aromatic rings. The number of aryl methyl sites for hydroxylation is 1. The van der Waals surface area contributed by atoms with Gasteiger partial charge >= 0.3 is 5.97 Å². The summed E-state index contributed by atoms with van der Waals surface area (Å²) >= 11 is 1.87. The van der Waals surface area contributed by atoms with Crippen molar-refractivity contribution in [1.82, 2.24) is 0 Å². The first-order valence-electron chi connectivity index (χ1n) is 10.2. The van der Waals surface area contributed by atoms with E-state index in [4.69, 9.17) is 4.74 Å². The lowest BCUT2D eigenvalue weighted by molar-refractivity contribution is 0.0600. The molecule has 2 aliphatic carbocycles. The SMILES string of the molecule is COC(=O)c1ccc(C=C2CCc3sc4c(c3C2=O)C(C)(C)CCC4(C)C)cc1. The number of hydrogen-bond acceptors (Lipinski definition) is 4. The molecule has 0 fully saturated rings. The average molecular weight is 409 g/mol. The predicted octanol–water partition coefficient (Wildman–Crippen LogP) is 6.10. The Morgan fingerprint density at radius 1 is 1.03 bits per heavy atom. The number of Topliss-reactive ketones (excluding diaryl/α,β-unsaturated/α-hetero) is 1. The smallest absolute Gasteiger partial charge is 0.337 e. The van der Waals surface area contributed by atoms with E-state index in [2.05, 4.69) is 27.7 Å². The van der Waals surface area contributed by atoms with E-state index in [1.807, 2.05) is 29.5 Å². The Bertz CT molecular complexity index is 1020. The van der Waals surface area contributed by atoms with Gasteiger partial charge in [0.1, 0.15) is 0 Å². The van der Waals surface area contributed by atoms with Crippen LogP contribution in [0.5, 0.6) is 0 Å². The van der Waals surface area contributed by atoms with Crippen LogP contribution in [0, 0.1) is 0 Å². The number of hydrogen-bond donors (Lipinski definition) is 0. The van der Waals surface area contributed by atoms with Crippen molar-refractivity contribution in [2.24, 2.45) is 0 Å². The largest absolute Gasteiger partial charge is 0.465 e. The number of methoxy groups -OCH3 is 1. The van der Waals surface area contributed by atoms with E-state index in [0.717, 1.165) is 42.4 Å². The number of carbonyl (C=O) groups is 2. The van der Waals surface area contributed by atoms with E-state index in [0.29, 0.717) is 5.56 Å². The zero-order valence-electron chi connectivity index (χ0n) is 17.8. The lowest BCUT2D eigenvalue weighted by atomic mass is 9.64. The molecule has 0 atom stereocenters. The third kappa shape index (κ3) is 3.38. The maximum Gasteiger partial charge on any atom is 0.337 e. The van der Waals surface area contributed by atoms with Crippen molar-refractivity contribution in [3.05, 3.63) is 61.8 Å². The monoisotopic (exact) mass is 408 g/mol. The van der Waals surface area contributed by atoms with Crippen LogP contribution in [0.3, 0.4) is 0 Å². The fraction of sp³-hybridized carbons (Fsp3) is 0.440. The molecule has 4 rings (SSSR count). The van der Waals surface area contributed by atoms with Crippen molar-refractivity contribution >= 4 is 29.2 Å². The molecule has 3 nitrogen and oxygen atoms in total. The van der Waals surface area contributed by atoms with E-state index in [1.165, 1.54) is 22.4 Å². The molecule has 0 radical (unpaired) electrons. The molecule has 0 spiro atoms. The Balaban J connectivity index is 1.73. The molecule has 0 saturated heterocycles. The van der Waals surface area contributed by atoms with Gasteiger partial charge in [-0.25, -0.2) is 4.79 Å². The summed E-state index contributed by atoms with van der Waals surface area (Å²) in [5, 5.41) is 0. The lowest BCUT2D eigenvalue weighted by Gasteiger charge is -2.40. The Kier molecular flexibility index (Phi) is 4.81. The number of ether oxygens (including phenoxy) is 1. The molecule has 0 N–H and O–H groups in total. The van der Waals surface area contributed by atoms with Gasteiger partial charge in [-0.3, -0.25) is 4.79 Å². The second-order valence-corrected chi connectivity index (χ2v) is 10.6. The van der Waals surface area contributed by atoms with E-state index in [9.17, 15) is 9.59 Å². The lowest BCUT2D eigenvalue weighted by Crippen LogP contribution is -2.34. The topological polar surface area (TPSA) is 43.4 Å². The third-order valence-electron chi connectivity index (χ3n) is 6.46. The molecule has 4 heteroatoms. The fourth-order valence-corrected chi connectivity index (χ4v) is 6.18. The first-order valence-corrected chi connectivity index (χ1v) is 11.1. The van der Waals surface area contributed by atoms with E-state index in [1.54, 1.807) is 12.1 Å². The van der Waals surface area contributed by atoms with Gasteiger partial charge in [-0.05, 0) is 65.8 Å². The van der Waals surface area contributed by atoms with Gasteiger partial charge in [0.2, 0.25) is 0 Å². The van der Waals surface area contributed by atoms with Gasteiger partial charge in [0.05, 0.1) is 12.7 Å². The molecule has 1 heterocycles. The number of esters is 1. The summed E-state index contributed by atoms with van der Waals surface area (Å²) in [5.41, 5.74) is 4.77. The minimum atomic E-state index is -0.350. The van der Waals surface area contributed by atoms with Gasteiger partial charge < -0.3 is 4.74 Å². The minimum absolute atomic E-state index is 0.0369. The quantitative estimate of drug-likeness (QED) is 0.446. The number of allylic oxidation sites excluding steroid dienone is 1. The highest BCUT2D eigenvalue weighted by Gasteiger charge is 2.44. The maximum atomic E-state index is 13.5. The summed E-state index contributed by atoms with van der Waals surface area (Å²) in [5.74, 6) is -0.163. The van der Waals surface area contributed by atoms with E-state index < -0.39 is 0 Å². The van der Waals surface area contributed by atoms with Crippen molar-refractivity contribution in [2.75, 3.05) is 7.11 Å². The van der Waals surface area contributed by atoms with E-state index in [-0.39, 0.29) is 22.6 Å². The molecule has 1 aromatic carbocycles. The molecule has 2 aliphatic rings. The summed E-state index contributed by atoms with van der Waals surface area (Å²) in [6.45, 7) is 9.19. The van der Waals surface area contributed by atoms with Crippen LogP contribution in [0.15, 0.2) is 29.8 Å². The van der Waals surface area contributed by atoms with Gasteiger partial charge in [0, 0.05) is 20.9 Å². The van der Waals surface area contributed by atoms with Crippen molar-refractivity contribution in [3.8, 4) is 0 Å². The normalized spacial score (nSPS) is 20.9. The minimum Gasteiger partial charge on any atom is -0.465 e. The molecule has 0 amide bonds. The number of carbonyl (C=O) groups excluding carboxylic acids is 2. The van der Waals surface area contributed by atoms with Crippen LogP contribution in [0.2, 0.25) is 0 Å². The molecular formula is C25H28O3S. The number of benzene rings is 1. The molecule has 0 saturated carbocycles.